The summed E-state index contributed by atoms with van der Waals surface area (Å²) in [6.45, 7) is 1.22. The highest BCUT2D eigenvalue weighted by Crippen LogP contribution is 2.29. The van der Waals surface area contributed by atoms with Crippen molar-refractivity contribution in [1.29, 1.82) is 0 Å². The lowest BCUT2D eigenvalue weighted by molar-refractivity contribution is -0.137. The summed E-state index contributed by atoms with van der Waals surface area (Å²) in [6.07, 6.45) is -0.0182. The molecule has 1 unspecified atom stereocenters. The van der Waals surface area contributed by atoms with Crippen molar-refractivity contribution in [2.75, 3.05) is 18.5 Å². The molecule has 2 rings (SSSR count). The van der Waals surface area contributed by atoms with Crippen LogP contribution in [0.15, 0.2) is 18.3 Å². The number of pyridine rings is 1. The molecule has 1 N–H and O–H groups in total. The molecule has 2 heterocycles. The molecule has 1 aromatic rings. The second-order valence-corrected chi connectivity index (χ2v) is 4.30. The van der Waals surface area contributed by atoms with E-state index < -0.39 is 11.7 Å². The van der Waals surface area contributed by atoms with Crippen LogP contribution in [0.25, 0.3) is 0 Å². The molecule has 1 saturated heterocycles. The Morgan fingerprint density at radius 1 is 1.39 bits per heavy atom. The quantitative estimate of drug-likeness (QED) is 0.906. The van der Waals surface area contributed by atoms with Crippen LogP contribution in [0.5, 0.6) is 0 Å². The van der Waals surface area contributed by atoms with Gasteiger partial charge in [-0.1, -0.05) is 0 Å². The van der Waals surface area contributed by atoms with Crippen molar-refractivity contribution in [1.82, 2.24) is 4.98 Å². The van der Waals surface area contributed by atoms with Gasteiger partial charge in [-0.25, -0.2) is 4.98 Å². The van der Waals surface area contributed by atoms with Gasteiger partial charge >= 0.3 is 6.18 Å². The van der Waals surface area contributed by atoms with E-state index >= 15 is 0 Å². The SMILES string of the molecule is FC(F)(F)c1ccnc(NCC2CCCCO2)c1. The van der Waals surface area contributed by atoms with Gasteiger partial charge in [0.15, 0.2) is 0 Å². The molecule has 1 aliphatic heterocycles. The summed E-state index contributed by atoms with van der Waals surface area (Å²) in [7, 11) is 0. The summed E-state index contributed by atoms with van der Waals surface area (Å²) >= 11 is 0. The molecule has 1 aliphatic rings. The van der Waals surface area contributed by atoms with Crippen LogP contribution in [-0.4, -0.2) is 24.2 Å². The van der Waals surface area contributed by atoms with Gasteiger partial charge in [0.25, 0.3) is 0 Å². The summed E-state index contributed by atoms with van der Waals surface area (Å²) in [5.41, 5.74) is -0.690. The number of aromatic nitrogens is 1. The Bertz CT molecular complexity index is 389. The van der Waals surface area contributed by atoms with Crippen molar-refractivity contribution in [3.05, 3.63) is 23.9 Å². The predicted octanol–water partition coefficient (Wildman–Crippen LogP) is 3.08. The van der Waals surface area contributed by atoms with Crippen LogP contribution in [0.2, 0.25) is 0 Å². The maximum Gasteiger partial charge on any atom is 0.416 e. The highest BCUT2D eigenvalue weighted by molar-refractivity contribution is 5.38. The third-order valence-corrected chi connectivity index (χ3v) is 2.87. The number of ether oxygens (including phenoxy) is 1. The highest BCUT2D eigenvalue weighted by Gasteiger charge is 2.30. The third kappa shape index (κ3) is 3.60. The van der Waals surface area contributed by atoms with E-state index in [4.69, 9.17) is 4.74 Å². The predicted molar refractivity (Wildman–Crippen MR) is 61.3 cm³/mol. The molecule has 18 heavy (non-hydrogen) atoms. The van der Waals surface area contributed by atoms with Gasteiger partial charge in [-0.2, -0.15) is 13.2 Å². The first-order valence-electron chi connectivity index (χ1n) is 5.94. The zero-order valence-corrected chi connectivity index (χ0v) is 9.83. The summed E-state index contributed by atoms with van der Waals surface area (Å²) in [6, 6.07) is 1.98. The van der Waals surface area contributed by atoms with E-state index in [0.29, 0.717) is 6.54 Å². The third-order valence-electron chi connectivity index (χ3n) is 2.87. The summed E-state index contributed by atoms with van der Waals surface area (Å²) in [5, 5.41) is 2.89. The maximum absolute atomic E-state index is 12.5. The van der Waals surface area contributed by atoms with Crippen molar-refractivity contribution in [3.8, 4) is 0 Å². The lowest BCUT2D eigenvalue weighted by Crippen LogP contribution is -2.27. The van der Waals surface area contributed by atoms with E-state index in [-0.39, 0.29) is 11.9 Å². The van der Waals surface area contributed by atoms with Crippen molar-refractivity contribution in [2.24, 2.45) is 0 Å². The largest absolute Gasteiger partial charge is 0.416 e. The molecular weight excluding hydrogens is 245 g/mol. The molecule has 0 aliphatic carbocycles. The Balaban J connectivity index is 1.92. The Morgan fingerprint density at radius 3 is 2.89 bits per heavy atom. The number of hydrogen-bond acceptors (Lipinski definition) is 3. The standard InChI is InChI=1S/C12H15F3N2O/c13-12(14,15)9-4-5-16-11(7-9)17-8-10-3-1-2-6-18-10/h4-5,7,10H,1-3,6,8H2,(H,16,17). The van der Waals surface area contributed by atoms with Crippen LogP contribution in [0.3, 0.4) is 0 Å². The minimum absolute atomic E-state index is 0.0649. The van der Waals surface area contributed by atoms with E-state index in [2.05, 4.69) is 10.3 Å². The van der Waals surface area contributed by atoms with Gasteiger partial charge in [0.2, 0.25) is 0 Å². The molecule has 3 nitrogen and oxygen atoms in total. The van der Waals surface area contributed by atoms with Crippen molar-refractivity contribution in [3.63, 3.8) is 0 Å². The molecule has 6 heteroatoms. The van der Waals surface area contributed by atoms with Crippen LogP contribution in [-0.2, 0) is 10.9 Å². The second kappa shape index (κ2) is 5.56. The molecule has 1 aromatic heterocycles. The Morgan fingerprint density at radius 2 is 2.22 bits per heavy atom. The maximum atomic E-state index is 12.5. The van der Waals surface area contributed by atoms with Gasteiger partial charge < -0.3 is 10.1 Å². The number of alkyl halides is 3. The number of nitrogens with one attached hydrogen (secondary N) is 1. The van der Waals surface area contributed by atoms with Crippen LogP contribution in [0.1, 0.15) is 24.8 Å². The normalized spacial score (nSPS) is 20.7. The first kappa shape index (κ1) is 13.1. The van der Waals surface area contributed by atoms with E-state index in [9.17, 15) is 13.2 Å². The molecule has 100 valence electrons. The van der Waals surface area contributed by atoms with Crippen molar-refractivity contribution < 1.29 is 17.9 Å². The lowest BCUT2D eigenvalue weighted by atomic mass is 10.1. The minimum Gasteiger partial charge on any atom is -0.376 e. The molecule has 1 fully saturated rings. The average Bonchev–Trinajstić information content (AvgIpc) is 2.37. The van der Waals surface area contributed by atoms with Crippen LogP contribution in [0.4, 0.5) is 19.0 Å². The fourth-order valence-electron chi connectivity index (χ4n) is 1.89. The number of hydrogen-bond donors (Lipinski definition) is 1. The number of rotatable bonds is 3. The molecule has 0 amide bonds. The Kier molecular flexibility index (Phi) is 4.06. The lowest BCUT2D eigenvalue weighted by Gasteiger charge is -2.23. The topological polar surface area (TPSA) is 34.2 Å². The van der Waals surface area contributed by atoms with Gasteiger partial charge in [0.05, 0.1) is 11.7 Å². The summed E-state index contributed by atoms with van der Waals surface area (Å²) in [4.78, 5) is 3.87. The molecule has 0 radical (unpaired) electrons. The molecule has 0 spiro atoms. The fourth-order valence-corrected chi connectivity index (χ4v) is 1.89. The first-order valence-corrected chi connectivity index (χ1v) is 5.94. The molecular formula is C12H15F3N2O. The zero-order chi connectivity index (χ0) is 13.0. The molecule has 0 aromatic carbocycles. The monoisotopic (exact) mass is 260 g/mol. The number of nitrogens with zero attached hydrogens (tertiary/aromatic N) is 1. The van der Waals surface area contributed by atoms with Gasteiger partial charge in [-0.3, -0.25) is 0 Å². The Hall–Kier alpha value is -1.30. The Labute approximate surface area is 103 Å². The van der Waals surface area contributed by atoms with Gasteiger partial charge in [0.1, 0.15) is 5.82 Å². The fraction of sp³-hybridized carbons (Fsp3) is 0.583. The summed E-state index contributed by atoms with van der Waals surface area (Å²) < 4.78 is 42.9. The zero-order valence-electron chi connectivity index (χ0n) is 9.83. The van der Waals surface area contributed by atoms with Gasteiger partial charge in [-0.05, 0) is 31.4 Å². The van der Waals surface area contributed by atoms with Crippen LogP contribution < -0.4 is 5.32 Å². The molecule has 0 saturated carbocycles. The van der Waals surface area contributed by atoms with Gasteiger partial charge in [0, 0.05) is 19.3 Å². The number of anilines is 1. The van der Waals surface area contributed by atoms with Crippen molar-refractivity contribution in [2.45, 2.75) is 31.5 Å². The van der Waals surface area contributed by atoms with Crippen LogP contribution in [0, 0.1) is 0 Å². The van der Waals surface area contributed by atoms with E-state index in [1.165, 1.54) is 0 Å². The van der Waals surface area contributed by atoms with Crippen LogP contribution >= 0.6 is 0 Å². The smallest absolute Gasteiger partial charge is 0.376 e. The minimum atomic E-state index is -4.33. The van der Waals surface area contributed by atoms with E-state index in [0.717, 1.165) is 44.2 Å². The number of halogens is 3. The molecule has 1 atom stereocenters. The summed E-state index contributed by atoms with van der Waals surface area (Å²) in [5.74, 6) is 0.235. The van der Waals surface area contributed by atoms with Gasteiger partial charge in [-0.15, -0.1) is 0 Å². The van der Waals surface area contributed by atoms with E-state index in [1.54, 1.807) is 0 Å². The van der Waals surface area contributed by atoms with Crippen molar-refractivity contribution >= 4 is 5.82 Å². The second-order valence-electron chi connectivity index (χ2n) is 4.30. The first-order chi connectivity index (χ1) is 8.55. The molecule has 0 bridgehead atoms. The highest BCUT2D eigenvalue weighted by atomic mass is 19.4. The average molecular weight is 260 g/mol. The van der Waals surface area contributed by atoms with E-state index in [1.807, 2.05) is 0 Å².